The highest BCUT2D eigenvalue weighted by molar-refractivity contribution is 6.16. The van der Waals surface area contributed by atoms with Gasteiger partial charge in [0, 0.05) is 11.5 Å². The molecule has 0 saturated heterocycles. The summed E-state index contributed by atoms with van der Waals surface area (Å²) in [5.74, 6) is 4.01. The molecule has 3 atom stereocenters. The Balaban J connectivity index is 0.000000151. The van der Waals surface area contributed by atoms with E-state index in [1.807, 2.05) is 12.1 Å². The van der Waals surface area contributed by atoms with Crippen LogP contribution in [0.5, 0.6) is 23.0 Å². The summed E-state index contributed by atoms with van der Waals surface area (Å²) in [5, 5.41) is 10.7. The van der Waals surface area contributed by atoms with Crippen LogP contribution in [-0.4, -0.2) is 19.5 Å². The Kier molecular flexibility index (Phi) is 10.2. The molecule has 0 spiro atoms. The number of nitrogens with one attached hydrogen (secondary N) is 1. The third kappa shape index (κ3) is 6.85. The summed E-state index contributed by atoms with van der Waals surface area (Å²) in [4.78, 5) is 4.68. The van der Waals surface area contributed by atoms with E-state index in [4.69, 9.17) is 14.9 Å². The number of ether oxygens (including phenoxy) is 2. The quantitative estimate of drug-likeness (QED) is 0.140. The standard InChI is InChI=1S/C28H24O2.C22H15N.CH5N.CH3N/c1-17-8-10-18(11-9-17)19-12-14-23-25(16-19)29-24-15-13-22-26(27(24)30-23)20-6-4-5-7-21(20)28(22,2)3;1-2-7-16(8-3-1)21-22(23-21)18-12-13-20-17(14-18)11-10-15-6-4-5-9-19(15)20;2*1-2/h4-16,20-21H,1-3H3;1-14,21H;2H2,1H3;2H,1H2. The van der Waals surface area contributed by atoms with E-state index in [-0.39, 0.29) is 11.5 Å². The van der Waals surface area contributed by atoms with E-state index >= 15 is 0 Å². The van der Waals surface area contributed by atoms with Gasteiger partial charge in [0.2, 0.25) is 0 Å². The summed E-state index contributed by atoms with van der Waals surface area (Å²) in [5.41, 5.74) is 14.5. The van der Waals surface area contributed by atoms with E-state index in [0.717, 1.165) is 28.6 Å². The molecule has 4 aliphatic rings. The molecule has 0 saturated carbocycles. The normalized spacial score (nSPS) is 18.3. The molecule has 2 aliphatic carbocycles. The van der Waals surface area contributed by atoms with Crippen LogP contribution in [0, 0.1) is 18.3 Å². The van der Waals surface area contributed by atoms with Crippen molar-refractivity contribution in [2.75, 3.05) is 7.05 Å². The van der Waals surface area contributed by atoms with Crippen molar-refractivity contribution in [3.8, 4) is 34.1 Å². The minimum Gasteiger partial charge on any atom is -0.449 e. The maximum absolute atomic E-state index is 6.49. The van der Waals surface area contributed by atoms with Crippen molar-refractivity contribution in [1.82, 2.24) is 0 Å². The Bertz CT molecular complexity index is 2690. The fourth-order valence-electron chi connectivity index (χ4n) is 8.61. The summed E-state index contributed by atoms with van der Waals surface area (Å²) in [6.07, 6.45) is 8.96. The Morgan fingerprint density at radius 2 is 1.28 bits per heavy atom. The number of hydrogen-bond donors (Lipinski definition) is 2. The zero-order chi connectivity index (χ0) is 39.7. The van der Waals surface area contributed by atoms with Gasteiger partial charge in [-0.15, -0.1) is 0 Å². The van der Waals surface area contributed by atoms with Crippen molar-refractivity contribution in [1.29, 1.82) is 5.41 Å². The minimum absolute atomic E-state index is 0.0647. The largest absolute Gasteiger partial charge is 0.449 e. The number of hydrogen-bond acceptors (Lipinski definition) is 5. The van der Waals surface area contributed by atoms with Gasteiger partial charge in [-0.1, -0.05) is 159 Å². The molecule has 2 aliphatic heterocycles. The number of nitrogens with zero attached hydrogens (tertiary/aromatic N) is 1. The van der Waals surface area contributed by atoms with Crippen molar-refractivity contribution in [3.05, 3.63) is 192 Å². The van der Waals surface area contributed by atoms with Crippen molar-refractivity contribution in [2.45, 2.75) is 38.1 Å². The first-order valence-electron chi connectivity index (χ1n) is 19.5. The van der Waals surface area contributed by atoms with E-state index in [9.17, 15) is 0 Å². The van der Waals surface area contributed by atoms with Gasteiger partial charge in [0.15, 0.2) is 23.0 Å². The monoisotopic (exact) mass is 745 g/mol. The summed E-state index contributed by atoms with van der Waals surface area (Å²) in [6.45, 7) is 9.27. The maximum Gasteiger partial charge on any atom is 0.174 e. The molecule has 5 nitrogen and oxygen atoms in total. The summed E-state index contributed by atoms with van der Waals surface area (Å²) >= 11 is 0. The molecule has 282 valence electrons. The molecule has 0 amide bonds. The fourth-order valence-corrected chi connectivity index (χ4v) is 8.61. The lowest BCUT2D eigenvalue weighted by Gasteiger charge is -2.29. The number of fused-ring (bicyclic) bond motifs is 9. The van der Waals surface area contributed by atoms with E-state index in [0.29, 0.717) is 11.8 Å². The van der Waals surface area contributed by atoms with E-state index in [2.05, 4.69) is 190 Å². The third-order valence-electron chi connectivity index (χ3n) is 11.5. The molecule has 11 rings (SSSR count). The highest BCUT2D eigenvalue weighted by Crippen LogP contribution is 2.60. The molecule has 0 aromatic heterocycles. The van der Waals surface area contributed by atoms with Crippen molar-refractivity contribution in [3.63, 3.8) is 0 Å². The predicted molar refractivity (Wildman–Crippen MR) is 238 cm³/mol. The van der Waals surface area contributed by atoms with Crippen LogP contribution in [-0.2, 0) is 5.41 Å². The van der Waals surface area contributed by atoms with E-state index < -0.39 is 0 Å². The maximum atomic E-state index is 6.49. The average molecular weight is 746 g/mol. The van der Waals surface area contributed by atoms with Gasteiger partial charge in [0.25, 0.3) is 0 Å². The van der Waals surface area contributed by atoms with Gasteiger partial charge >= 0.3 is 0 Å². The number of benzene rings is 7. The first kappa shape index (κ1) is 37.4. The molecule has 0 bridgehead atoms. The number of aliphatic imine (C=N–C) groups is 1. The van der Waals surface area contributed by atoms with Crippen molar-refractivity contribution < 1.29 is 9.47 Å². The Morgan fingerprint density at radius 1 is 0.614 bits per heavy atom. The van der Waals surface area contributed by atoms with Crippen LogP contribution in [0.1, 0.15) is 53.6 Å². The molecule has 0 radical (unpaired) electrons. The zero-order valence-electron chi connectivity index (χ0n) is 32.9. The molecule has 2 heterocycles. The molecular formula is C52H47N3O2. The molecule has 3 unspecified atom stereocenters. The lowest BCUT2D eigenvalue weighted by atomic mass is 9.74. The summed E-state index contributed by atoms with van der Waals surface area (Å²) < 4.78 is 12.9. The van der Waals surface area contributed by atoms with Gasteiger partial charge in [-0.25, -0.2) is 0 Å². The zero-order valence-corrected chi connectivity index (χ0v) is 32.9. The first-order valence-corrected chi connectivity index (χ1v) is 19.5. The van der Waals surface area contributed by atoms with Crippen LogP contribution in [0.4, 0.5) is 0 Å². The highest BCUT2D eigenvalue weighted by atomic mass is 16.6. The molecule has 5 heteroatoms. The summed E-state index contributed by atoms with van der Waals surface area (Å²) in [7, 11) is 1.50. The van der Waals surface area contributed by atoms with Crippen LogP contribution >= 0.6 is 0 Å². The molecule has 0 fully saturated rings. The molecule has 3 N–H and O–H groups in total. The molecular weight excluding hydrogens is 699 g/mol. The smallest absolute Gasteiger partial charge is 0.174 e. The predicted octanol–water partition coefficient (Wildman–Crippen LogP) is 13.1. The summed E-state index contributed by atoms with van der Waals surface area (Å²) in [6, 6.07) is 49.5. The molecule has 57 heavy (non-hydrogen) atoms. The third-order valence-corrected chi connectivity index (χ3v) is 11.5. The van der Waals surface area contributed by atoms with Gasteiger partial charge in [-0.3, -0.25) is 4.99 Å². The lowest BCUT2D eigenvalue weighted by Crippen LogP contribution is -2.24. The SMILES string of the molecule is C=N.CN.Cc1ccc(-c2ccc3c(c2)Oc2ccc4c(c2O3)C2C=CC=CC2C4(C)C)cc1.c1ccc(C2N=C2c2ccc3c(ccc4ccccc43)c2)cc1. The van der Waals surface area contributed by atoms with Gasteiger partial charge in [0.05, 0.1) is 5.71 Å². The van der Waals surface area contributed by atoms with Crippen LogP contribution < -0.4 is 15.2 Å². The Hall–Kier alpha value is -6.56. The van der Waals surface area contributed by atoms with Crippen LogP contribution in [0.25, 0.3) is 32.7 Å². The first-order chi connectivity index (χ1) is 27.9. The van der Waals surface area contributed by atoms with Gasteiger partial charge in [0.1, 0.15) is 6.04 Å². The number of allylic oxidation sites excluding steroid dienone is 4. The second-order valence-corrected chi connectivity index (χ2v) is 15.2. The highest BCUT2D eigenvalue weighted by Gasteiger charge is 2.47. The minimum atomic E-state index is 0.0647. The fraction of sp³-hybridized carbons (Fsp3) is 0.154. The van der Waals surface area contributed by atoms with Gasteiger partial charge < -0.3 is 20.6 Å². The van der Waals surface area contributed by atoms with Crippen molar-refractivity contribution in [2.24, 2.45) is 16.6 Å². The van der Waals surface area contributed by atoms with Crippen LogP contribution in [0.2, 0.25) is 0 Å². The second-order valence-electron chi connectivity index (χ2n) is 15.2. The number of nitrogens with two attached hydrogens (primary N) is 1. The number of aryl methyl sites for hydroxylation is 1. The van der Waals surface area contributed by atoms with Crippen LogP contribution in [0.15, 0.2) is 169 Å². The van der Waals surface area contributed by atoms with Crippen LogP contribution in [0.3, 0.4) is 0 Å². The van der Waals surface area contributed by atoms with E-state index in [1.54, 1.807) is 0 Å². The number of rotatable bonds is 3. The topological polar surface area (TPSA) is 80.7 Å². The Labute approximate surface area is 335 Å². The molecule has 7 aromatic rings. The molecule has 7 aromatic carbocycles. The average Bonchev–Trinajstić information content (AvgIpc) is 4.04. The van der Waals surface area contributed by atoms with Gasteiger partial charge in [-0.05, 0) is 106 Å². The van der Waals surface area contributed by atoms with Gasteiger partial charge in [-0.2, -0.15) is 0 Å². The lowest BCUT2D eigenvalue weighted by molar-refractivity contribution is 0.354. The van der Waals surface area contributed by atoms with E-state index in [1.165, 1.54) is 67.7 Å². The second kappa shape index (κ2) is 15.5. The van der Waals surface area contributed by atoms with Crippen molar-refractivity contribution >= 4 is 34.0 Å². The Morgan fingerprint density at radius 3 is 2.09 bits per heavy atom.